The van der Waals surface area contributed by atoms with Crippen LogP contribution < -0.4 is 21.3 Å². The van der Waals surface area contributed by atoms with Crippen LogP contribution in [0.5, 0.6) is 0 Å². The van der Waals surface area contributed by atoms with Crippen molar-refractivity contribution in [1.82, 2.24) is 5.32 Å². The Morgan fingerprint density at radius 1 is 1.25 bits per heavy atom. The normalized spacial score (nSPS) is 15.5. The Hall–Kier alpha value is -2.41. The highest BCUT2D eigenvalue weighted by atomic mass is 16.2. The summed E-state index contributed by atoms with van der Waals surface area (Å²) in [6, 6.07) is 6.44. The van der Waals surface area contributed by atoms with E-state index in [1.165, 1.54) is 0 Å². The lowest BCUT2D eigenvalue weighted by atomic mass is 10.1. The summed E-state index contributed by atoms with van der Waals surface area (Å²) in [5.41, 5.74) is 7.15. The third-order valence-electron chi connectivity index (χ3n) is 3.98. The first kappa shape index (κ1) is 17.9. The Morgan fingerprint density at radius 2 is 1.92 bits per heavy atom. The molecular formula is C17H24N4O3. The lowest BCUT2D eigenvalue weighted by Crippen LogP contribution is -2.46. The van der Waals surface area contributed by atoms with Gasteiger partial charge in [-0.3, -0.25) is 14.4 Å². The molecule has 0 aromatic heterocycles. The molecule has 7 heteroatoms. The fourth-order valence-electron chi connectivity index (χ4n) is 2.44. The van der Waals surface area contributed by atoms with Crippen LogP contribution >= 0.6 is 0 Å². The molecule has 1 aromatic carbocycles. The van der Waals surface area contributed by atoms with Crippen molar-refractivity contribution < 1.29 is 14.4 Å². The van der Waals surface area contributed by atoms with Crippen LogP contribution in [0.1, 0.15) is 26.7 Å². The second-order valence-electron chi connectivity index (χ2n) is 6.23. The van der Waals surface area contributed by atoms with Crippen LogP contribution in [0.15, 0.2) is 24.3 Å². The molecule has 2 rings (SSSR count). The topological polar surface area (TPSA) is 105 Å². The molecule has 7 nitrogen and oxygen atoms in total. The molecule has 1 heterocycles. The van der Waals surface area contributed by atoms with Crippen LogP contribution in [0.3, 0.4) is 0 Å². The predicted octanol–water partition coefficient (Wildman–Crippen LogP) is 0.851. The van der Waals surface area contributed by atoms with Crippen LogP contribution in [0.2, 0.25) is 0 Å². The largest absolute Gasteiger partial charge is 0.346 e. The molecule has 0 aliphatic carbocycles. The smallest absolute Gasteiger partial charge is 0.243 e. The van der Waals surface area contributed by atoms with Gasteiger partial charge in [-0.15, -0.1) is 0 Å². The highest BCUT2D eigenvalue weighted by Crippen LogP contribution is 2.22. The molecule has 0 bridgehead atoms. The van der Waals surface area contributed by atoms with Gasteiger partial charge in [-0.05, 0) is 36.6 Å². The van der Waals surface area contributed by atoms with Gasteiger partial charge in [0.05, 0.1) is 12.6 Å². The van der Waals surface area contributed by atoms with Crippen molar-refractivity contribution >= 4 is 29.1 Å². The molecule has 1 atom stereocenters. The van der Waals surface area contributed by atoms with Gasteiger partial charge in [0.2, 0.25) is 17.7 Å². The fourth-order valence-corrected chi connectivity index (χ4v) is 2.44. The number of anilines is 2. The number of nitrogens with two attached hydrogens (primary N) is 1. The van der Waals surface area contributed by atoms with Crippen LogP contribution in [-0.4, -0.2) is 36.9 Å². The van der Waals surface area contributed by atoms with Crippen molar-refractivity contribution in [3.05, 3.63) is 24.3 Å². The monoisotopic (exact) mass is 332 g/mol. The number of hydrogen-bond acceptors (Lipinski definition) is 4. The third kappa shape index (κ3) is 4.55. The van der Waals surface area contributed by atoms with Crippen LogP contribution in [0.4, 0.5) is 11.4 Å². The SMILES string of the molecule is CC(C)[C@H](N)C(=O)NCC(=O)Nc1ccc(N2CCCC2=O)cc1. The summed E-state index contributed by atoms with van der Waals surface area (Å²) in [5.74, 6) is -0.544. The van der Waals surface area contributed by atoms with Crippen LogP contribution in [0.25, 0.3) is 0 Å². The first-order valence-corrected chi connectivity index (χ1v) is 8.12. The quantitative estimate of drug-likeness (QED) is 0.718. The van der Waals surface area contributed by atoms with E-state index in [1.54, 1.807) is 29.2 Å². The molecule has 1 aromatic rings. The number of nitrogens with one attached hydrogen (secondary N) is 2. The summed E-state index contributed by atoms with van der Waals surface area (Å²) in [7, 11) is 0. The molecular weight excluding hydrogens is 308 g/mol. The van der Waals surface area contributed by atoms with Crippen molar-refractivity contribution in [3.63, 3.8) is 0 Å². The van der Waals surface area contributed by atoms with E-state index in [4.69, 9.17) is 5.73 Å². The Bertz CT molecular complexity index is 613. The van der Waals surface area contributed by atoms with Crippen molar-refractivity contribution in [2.24, 2.45) is 11.7 Å². The Kier molecular flexibility index (Phi) is 5.92. The minimum Gasteiger partial charge on any atom is -0.346 e. The maximum Gasteiger partial charge on any atom is 0.243 e. The van der Waals surface area contributed by atoms with Gasteiger partial charge in [-0.1, -0.05) is 13.8 Å². The zero-order valence-corrected chi connectivity index (χ0v) is 14.0. The molecule has 4 N–H and O–H groups in total. The maximum atomic E-state index is 11.9. The molecule has 1 saturated heterocycles. The minimum absolute atomic E-state index is 0.00824. The molecule has 0 radical (unpaired) electrons. The van der Waals surface area contributed by atoms with Gasteiger partial charge >= 0.3 is 0 Å². The highest BCUT2D eigenvalue weighted by Gasteiger charge is 2.21. The summed E-state index contributed by atoms with van der Waals surface area (Å²) < 4.78 is 0. The van der Waals surface area contributed by atoms with Crippen molar-refractivity contribution in [3.8, 4) is 0 Å². The second kappa shape index (κ2) is 7.92. The maximum absolute atomic E-state index is 11.9. The Balaban J connectivity index is 1.84. The number of amides is 3. The predicted molar refractivity (Wildman–Crippen MR) is 92.5 cm³/mol. The molecule has 3 amide bonds. The van der Waals surface area contributed by atoms with Gasteiger partial charge < -0.3 is 21.3 Å². The Labute approximate surface area is 141 Å². The van der Waals surface area contributed by atoms with Crippen molar-refractivity contribution in [2.75, 3.05) is 23.3 Å². The first-order valence-electron chi connectivity index (χ1n) is 8.12. The summed E-state index contributed by atoms with van der Waals surface area (Å²) in [4.78, 5) is 37.0. The van der Waals surface area contributed by atoms with E-state index in [1.807, 2.05) is 13.8 Å². The molecule has 130 valence electrons. The molecule has 24 heavy (non-hydrogen) atoms. The molecule has 0 spiro atoms. The van der Waals surface area contributed by atoms with Gasteiger partial charge in [0.1, 0.15) is 0 Å². The van der Waals surface area contributed by atoms with Gasteiger partial charge in [0.15, 0.2) is 0 Å². The Morgan fingerprint density at radius 3 is 2.46 bits per heavy atom. The third-order valence-corrected chi connectivity index (χ3v) is 3.98. The number of rotatable bonds is 6. The summed E-state index contributed by atoms with van der Waals surface area (Å²) in [6.45, 7) is 4.28. The number of carbonyl (C=O) groups is 3. The zero-order chi connectivity index (χ0) is 17.7. The van der Waals surface area contributed by atoms with Gasteiger partial charge in [0, 0.05) is 24.3 Å². The minimum atomic E-state index is -0.630. The lowest BCUT2D eigenvalue weighted by Gasteiger charge is -2.16. The standard InChI is InChI=1S/C17H24N4O3/c1-11(2)16(18)17(24)19-10-14(22)20-12-5-7-13(8-6-12)21-9-3-4-15(21)23/h5-8,11,16H,3-4,9-10,18H2,1-2H3,(H,19,24)(H,20,22)/t16-/m0/s1. The van der Waals surface area contributed by atoms with Gasteiger partial charge in [0.25, 0.3) is 0 Å². The second-order valence-corrected chi connectivity index (χ2v) is 6.23. The molecule has 1 aliphatic heterocycles. The van der Waals surface area contributed by atoms with Crippen molar-refractivity contribution in [1.29, 1.82) is 0 Å². The van der Waals surface area contributed by atoms with Gasteiger partial charge in [-0.2, -0.15) is 0 Å². The molecule has 0 saturated carbocycles. The fraction of sp³-hybridized carbons (Fsp3) is 0.471. The summed E-state index contributed by atoms with van der Waals surface area (Å²) >= 11 is 0. The van der Waals surface area contributed by atoms with Crippen LogP contribution in [0, 0.1) is 5.92 Å². The summed E-state index contributed by atoms with van der Waals surface area (Å²) in [6.07, 6.45) is 1.45. The van der Waals surface area contributed by atoms with E-state index in [9.17, 15) is 14.4 Å². The van der Waals surface area contributed by atoms with Crippen molar-refractivity contribution in [2.45, 2.75) is 32.7 Å². The molecule has 0 unspecified atom stereocenters. The number of carbonyl (C=O) groups excluding carboxylic acids is 3. The number of nitrogens with zero attached hydrogens (tertiary/aromatic N) is 1. The van der Waals surface area contributed by atoms with E-state index >= 15 is 0 Å². The van der Waals surface area contributed by atoms with E-state index in [-0.39, 0.29) is 30.2 Å². The van der Waals surface area contributed by atoms with Crippen LogP contribution in [-0.2, 0) is 14.4 Å². The highest BCUT2D eigenvalue weighted by molar-refractivity contribution is 5.97. The average Bonchev–Trinajstić information content (AvgIpc) is 2.98. The van der Waals surface area contributed by atoms with E-state index in [0.29, 0.717) is 12.1 Å². The van der Waals surface area contributed by atoms with E-state index < -0.39 is 6.04 Å². The average molecular weight is 332 g/mol. The number of hydrogen-bond donors (Lipinski definition) is 3. The number of benzene rings is 1. The molecule has 1 aliphatic rings. The van der Waals surface area contributed by atoms with E-state index in [0.717, 1.165) is 18.7 Å². The molecule has 1 fully saturated rings. The summed E-state index contributed by atoms with van der Waals surface area (Å²) in [5, 5.41) is 5.21. The first-order chi connectivity index (χ1) is 11.4. The van der Waals surface area contributed by atoms with Gasteiger partial charge in [-0.25, -0.2) is 0 Å². The lowest BCUT2D eigenvalue weighted by molar-refractivity contribution is -0.125. The zero-order valence-electron chi connectivity index (χ0n) is 14.0. The van der Waals surface area contributed by atoms with E-state index in [2.05, 4.69) is 10.6 Å².